The molecule has 1 heterocycles. The fourth-order valence-corrected chi connectivity index (χ4v) is 12.8. The Kier molecular flexibility index (Phi) is 102. The fraction of sp³-hybridized carbons (Fsp3) is 0.810. The van der Waals surface area contributed by atoms with Crippen LogP contribution in [0.25, 0.3) is 0 Å². The molecule has 8 heteroatoms. The second kappa shape index (κ2) is 92.3. The molecule has 0 spiro atoms. The summed E-state index contributed by atoms with van der Waals surface area (Å²) in [6.45, 7) is 102. The van der Waals surface area contributed by atoms with Crippen molar-refractivity contribution in [2.45, 2.75) is 453 Å². The standard InChI is InChI=1S/C13H22.C11H16O.C11H16.C8H13NO.C8H14.C7H14.C7H16.C7H12.C6H14O.C6H12.C6H14.C6H10.C5H10O2.C5H12O.C5H10O.2C5H12/c1-9(2)13-6-10-3-11(7-13)5-12(4-10)8-13;1-9(2)8-10-4-6-11(12-3)7-5-10;1-9(2)8-11-6-4-10(3)5-7-11;1-6(2)4-8-5-7(3)9-10-8;1-4-5-6-7-8(2)3;1-6(2)5-7-3-4-7;1-6(2)5-7(3)4;1-4-5-6-7(2)3;1-4-7-5-6(2)3;1-5(2)6-3-4-6;1-5(2)6(3)4;1-4-5-6(2)3;1-4(2)5(6)7-3;1-5(2)4-6-3;1-4(2)5(3)6;2*1-4-5(2)3/h9-12H,3-8H2,1-2H3;4-7,9H,8H2,1-3H3;4-7,9H,8H2,1-3H3;5-6H,4H2,1-3H3;8H,4,7H2,1-3H3;6-7H,3-5H2,1-2H3;6-7H,5H2,1-4H3;7H,6H2,1-3H3;6H,4-5H2,1-3H3;5-6H,3-4H2,1-2H3;5-6H,1-4H3;1,6H,5H2,2-3H3;4H,1-3H3;5H,4H2,1-3H3;4H,1-3H3;2*5H,4H2,1-3H3. The molecule has 0 radical (unpaired) electrons. The van der Waals surface area contributed by atoms with Gasteiger partial charge in [-0.05, 0) is 271 Å². The van der Waals surface area contributed by atoms with E-state index < -0.39 is 0 Å². The van der Waals surface area contributed by atoms with Gasteiger partial charge in [0.25, 0.3) is 0 Å². The number of benzene rings is 2. The summed E-state index contributed by atoms with van der Waals surface area (Å²) >= 11 is 0. The number of terminal acetylenes is 1. The van der Waals surface area contributed by atoms with Gasteiger partial charge in [-0.15, -0.1) is 36.0 Å². The van der Waals surface area contributed by atoms with E-state index in [0.717, 1.165) is 187 Å². The van der Waals surface area contributed by atoms with Crippen LogP contribution in [-0.4, -0.2) is 58.1 Å². The number of Topliss-reactive ketones (excluding diaryl/α,β-unsaturated/α-hetero) is 1. The molecular formula is C121H229NO7. The van der Waals surface area contributed by atoms with Gasteiger partial charge in [-0.2, -0.15) is 0 Å². The van der Waals surface area contributed by atoms with Gasteiger partial charge in [0, 0.05) is 71.0 Å². The van der Waals surface area contributed by atoms with Gasteiger partial charge in [-0.3, -0.25) is 9.59 Å². The predicted molar refractivity (Wildman–Crippen MR) is 580 cm³/mol. The molecule has 3 aromatic rings. The Labute approximate surface area is 811 Å². The van der Waals surface area contributed by atoms with Gasteiger partial charge < -0.3 is 23.5 Å². The quantitative estimate of drug-likeness (QED) is 0.0579. The van der Waals surface area contributed by atoms with Crippen molar-refractivity contribution in [2.24, 2.45) is 147 Å². The van der Waals surface area contributed by atoms with E-state index in [1.165, 1.54) is 81.6 Å². The van der Waals surface area contributed by atoms with Crippen LogP contribution < -0.4 is 4.74 Å². The van der Waals surface area contributed by atoms with E-state index in [9.17, 15) is 9.59 Å². The molecule has 0 N–H and O–H groups in total. The maximum Gasteiger partial charge on any atom is 0.308 e. The lowest BCUT2D eigenvalue weighted by molar-refractivity contribution is -0.144. The summed E-state index contributed by atoms with van der Waals surface area (Å²) in [4.78, 5) is 20.4. The molecular weight excluding hydrogens is 1580 g/mol. The molecule has 6 aliphatic carbocycles. The van der Waals surface area contributed by atoms with Crippen molar-refractivity contribution in [1.82, 2.24) is 5.16 Å². The Morgan fingerprint density at radius 1 is 0.473 bits per heavy atom. The molecule has 0 aliphatic heterocycles. The molecule has 129 heavy (non-hydrogen) atoms. The van der Waals surface area contributed by atoms with Gasteiger partial charge in [0.05, 0.1) is 25.8 Å². The molecule has 6 saturated carbocycles. The molecule has 2 aromatic carbocycles. The van der Waals surface area contributed by atoms with Crippen molar-refractivity contribution in [1.29, 1.82) is 0 Å². The first-order valence-corrected chi connectivity index (χ1v) is 52.4. The summed E-state index contributed by atoms with van der Waals surface area (Å²) in [6.07, 6.45) is 33.3. The number of rotatable bonds is 26. The van der Waals surface area contributed by atoms with Crippen LogP contribution in [-0.2, 0) is 43.1 Å². The van der Waals surface area contributed by atoms with E-state index in [1.54, 1.807) is 73.5 Å². The Balaban J connectivity index is -0.000000171. The van der Waals surface area contributed by atoms with Crippen molar-refractivity contribution < 1.29 is 33.1 Å². The lowest BCUT2D eigenvalue weighted by atomic mass is 9.47. The number of hydrogen-bond acceptors (Lipinski definition) is 8. The van der Waals surface area contributed by atoms with Crippen LogP contribution in [0.2, 0.25) is 0 Å². The van der Waals surface area contributed by atoms with Crippen molar-refractivity contribution in [3.8, 4) is 41.8 Å². The Hall–Kier alpha value is -4.81. The number of hydrogen-bond donors (Lipinski definition) is 0. The third-order valence-corrected chi connectivity index (χ3v) is 21.8. The van der Waals surface area contributed by atoms with Crippen LogP contribution >= 0.6 is 0 Å². The number of ether oxygens (including phenoxy) is 4. The summed E-state index contributed by atoms with van der Waals surface area (Å²) in [5, 5.41) is 3.79. The lowest BCUT2D eigenvalue weighted by Gasteiger charge is -2.58. The van der Waals surface area contributed by atoms with Crippen LogP contribution in [0.15, 0.2) is 59.1 Å². The second-order valence-electron chi connectivity index (χ2n) is 44.7. The SMILES string of the molecule is C#CCC(C)C.CC#CCC(C)C.CC(=O)C(C)C.CC(C)C(C)C.CC(C)C12CC3CC(CC(C3)C1)C2.CC(C)C1CC1.CC(C)CC(C)C.CC(C)CC1CC1.CCC#CCC(C)C.CCC(C)C.CCC(C)C.CCOCC(C)C.COC(=O)C(C)C.COCC(C)C.COc1ccc(CC(C)C)cc1.Cc1cc(CC(C)C)on1.Cc1ccc(CC(C)C)cc1. The molecule has 760 valence electrons. The van der Waals surface area contributed by atoms with Gasteiger partial charge in [-0.1, -0.05) is 357 Å². The maximum atomic E-state index is 10.3. The van der Waals surface area contributed by atoms with Gasteiger partial charge in [0.15, 0.2) is 0 Å². The largest absolute Gasteiger partial charge is 0.497 e. The number of aryl methyl sites for hydroxylation is 2. The monoisotopic (exact) mass is 1810 g/mol. The van der Waals surface area contributed by atoms with Crippen LogP contribution in [0.3, 0.4) is 0 Å². The van der Waals surface area contributed by atoms with Gasteiger partial charge >= 0.3 is 5.97 Å². The van der Waals surface area contributed by atoms with Gasteiger partial charge in [-0.25, -0.2) is 0 Å². The van der Waals surface area contributed by atoms with Crippen LogP contribution in [0, 0.1) is 197 Å². The molecule has 4 bridgehead atoms. The number of nitrogens with zero attached hydrogens (tertiary/aromatic N) is 1. The second-order valence-corrected chi connectivity index (χ2v) is 44.7. The third kappa shape index (κ3) is 114. The molecule has 0 unspecified atom stereocenters. The number of carbonyl (C=O) groups is 2. The van der Waals surface area contributed by atoms with Crippen LogP contribution in [0.5, 0.6) is 5.75 Å². The smallest absolute Gasteiger partial charge is 0.308 e. The first-order chi connectivity index (χ1) is 59.8. The first-order valence-electron chi connectivity index (χ1n) is 52.4. The van der Waals surface area contributed by atoms with Crippen LogP contribution in [0.1, 0.15) is 448 Å². The molecule has 8 nitrogen and oxygen atoms in total. The Morgan fingerprint density at radius 2 is 0.860 bits per heavy atom. The summed E-state index contributed by atoms with van der Waals surface area (Å²) in [5.41, 5.74) is 5.94. The average Bonchev–Trinajstić information content (AvgIpc) is 1.73. The van der Waals surface area contributed by atoms with Crippen molar-refractivity contribution in [3.63, 3.8) is 0 Å². The number of ketones is 1. The van der Waals surface area contributed by atoms with Gasteiger partial charge in [0.2, 0.25) is 0 Å². The number of aromatic nitrogens is 1. The number of carbonyl (C=O) groups excluding carboxylic acids is 2. The van der Waals surface area contributed by atoms with Crippen molar-refractivity contribution in [2.75, 3.05) is 41.2 Å². The molecule has 0 amide bonds. The Morgan fingerprint density at radius 3 is 1.03 bits per heavy atom. The zero-order valence-electron chi connectivity index (χ0n) is 95.9. The van der Waals surface area contributed by atoms with E-state index >= 15 is 0 Å². The number of methoxy groups -OCH3 is 3. The van der Waals surface area contributed by atoms with E-state index in [0.29, 0.717) is 23.7 Å². The summed E-state index contributed by atoms with van der Waals surface area (Å²) < 4.78 is 24.4. The highest BCUT2D eigenvalue weighted by Crippen LogP contribution is 2.62. The minimum absolute atomic E-state index is 0.00463. The lowest BCUT2D eigenvalue weighted by Crippen LogP contribution is -2.48. The average molecular weight is 1810 g/mol. The first kappa shape index (κ1) is 142. The van der Waals surface area contributed by atoms with E-state index in [1.807, 2.05) is 52.8 Å². The highest BCUT2D eigenvalue weighted by atomic mass is 16.5. The zero-order valence-corrected chi connectivity index (χ0v) is 95.9. The molecule has 1 aromatic heterocycles. The molecule has 6 aliphatic rings. The number of esters is 1. The zero-order chi connectivity index (χ0) is 102. The van der Waals surface area contributed by atoms with Crippen molar-refractivity contribution in [3.05, 3.63) is 82.7 Å². The molecule has 0 atom stereocenters. The molecule has 9 rings (SSSR count). The minimum atomic E-state index is -0.153. The fourth-order valence-electron chi connectivity index (χ4n) is 12.8. The van der Waals surface area contributed by atoms with Crippen molar-refractivity contribution >= 4 is 11.8 Å². The normalized spacial score (nSPS) is 15.4. The maximum absolute atomic E-state index is 10.3. The minimum Gasteiger partial charge on any atom is -0.497 e. The summed E-state index contributed by atoms with van der Waals surface area (Å²) in [5.74, 6) is 36.1. The van der Waals surface area contributed by atoms with Gasteiger partial charge in [0.1, 0.15) is 17.3 Å². The summed E-state index contributed by atoms with van der Waals surface area (Å²) in [6, 6.07) is 19.0. The van der Waals surface area contributed by atoms with E-state index in [4.69, 9.17) is 25.2 Å². The highest BCUT2D eigenvalue weighted by molar-refractivity contribution is 5.77. The Bertz CT molecular complexity index is 2940. The third-order valence-electron chi connectivity index (χ3n) is 21.8. The summed E-state index contributed by atoms with van der Waals surface area (Å²) in [7, 11) is 4.81. The van der Waals surface area contributed by atoms with Crippen LogP contribution in [0.4, 0.5) is 0 Å². The topological polar surface area (TPSA) is 97.1 Å². The van der Waals surface area contributed by atoms with E-state index in [2.05, 4.69) is 339 Å². The molecule has 6 fully saturated rings. The predicted octanol–water partition coefficient (Wildman–Crippen LogP) is 36.9. The highest BCUT2D eigenvalue weighted by Gasteiger charge is 2.52. The van der Waals surface area contributed by atoms with E-state index in [-0.39, 0.29) is 23.6 Å². The molecule has 0 saturated heterocycles.